The summed E-state index contributed by atoms with van der Waals surface area (Å²) in [7, 11) is 1.69. The van der Waals surface area contributed by atoms with E-state index in [1.807, 2.05) is 6.92 Å². The number of rotatable bonds is 6. The van der Waals surface area contributed by atoms with Crippen LogP contribution in [0, 0.1) is 0 Å². The molecule has 1 amide bonds. The smallest absolute Gasteiger partial charge is 0.271 e. The first-order valence-electron chi connectivity index (χ1n) is 6.58. The predicted octanol–water partition coefficient (Wildman–Crippen LogP) is 1.21. The Morgan fingerprint density at radius 3 is 2.68 bits per heavy atom. The van der Waals surface area contributed by atoms with Gasteiger partial charge < -0.3 is 15.4 Å². The van der Waals surface area contributed by atoms with Crippen molar-refractivity contribution in [3.63, 3.8) is 0 Å². The van der Waals surface area contributed by atoms with Crippen molar-refractivity contribution >= 4 is 11.7 Å². The number of hydrogen-bond acceptors (Lipinski definition) is 5. The van der Waals surface area contributed by atoms with E-state index in [2.05, 4.69) is 20.6 Å². The van der Waals surface area contributed by atoms with Gasteiger partial charge in [-0.05, 0) is 26.2 Å². The number of anilines is 1. The summed E-state index contributed by atoms with van der Waals surface area (Å²) in [5, 5.41) is 5.89. The molecular formula is C13H20N4O2. The number of hydrogen-bond donors (Lipinski definition) is 2. The number of aromatic nitrogens is 2. The van der Waals surface area contributed by atoms with Crippen LogP contribution in [0.4, 0.5) is 5.82 Å². The van der Waals surface area contributed by atoms with Crippen LogP contribution in [0.1, 0.15) is 36.7 Å². The second-order valence-corrected chi connectivity index (χ2v) is 4.74. The number of methoxy groups -OCH3 is 1. The van der Waals surface area contributed by atoms with E-state index >= 15 is 0 Å². The van der Waals surface area contributed by atoms with Crippen molar-refractivity contribution in [3.05, 3.63) is 18.1 Å². The summed E-state index contributed by atoms with van der Waals surface area (Å²) < 4.78 is 5.45. The van der Waals surface area contributed by atoms with Crippen LogP contribution >= 0.6 is 0 Å². The number of nitrogens with zero attached hydrogens (tertiary/aromatic N) is 2. The number of nitrogens with one attached hydrogen (secondary N) is 2. The van der Waals surface area contributed by atoms with E-state index in [0.717, 1.165) is 25.8 Å². The maximum Gasteiger partial charge on any atom is 0.271 e. The highest BCUT2D eigenvalue weighted by molar-refractivity contribution is 5.92. The lowest BCUT2D eigenvalue weighted by Gasteiger charge is -2.40. The van der Waals surface area contributed by atoms with Gasteiger partial charge in [0.05, 0.1) is 18.0 Å². The molecule has 0 aliphatic heterocycles. The predicted molar refractivity (Wildman–Crippen MR) is 72.1 cm³/mol. The largest absolute Gasteiger partial charge is 0.376 e. The molecule has 19 heavy (non-hydrogen) atoms. The molecule has 0 saturated heterocycles. The summed E-state index contributed by atoms with van der Waals surface area (Å²) in [4.78, 5) is 20.1. The highest BCUT2D eigenvalue weighted by Crippen LogP contribution is 2.34. The Balaban J connectivity index is 1.89. The first kappa shape index (κ1) is 13.7. The third-order valence-corrected chi connectivity index (χ3v) is 3.51. The van der Waals surface area contributed by atoms with Gasteiger partial charge in [-0.3, -0.25) is 4.79 Å². The molecule has 2 rings (SSSR count). The van der Waals surface area contributed by atoms with E-state index in [9.17, 15) is 4.79 Å². The summed E-state index contributed by atoms with van der Waals surface area (Å²) in [6, 6.07) is 0. The van der Waals surface area contributed by atoms with Gasteiger partial charge >= 0.3 is 0 Å². The van der Waals surface area contributed by atoms with E-state index in [-0.39, 0.29) is 11.5 Å². The lowest BCUT2D eigenvalue weighted by molar-refractivity contribution is -0.0679. The van der Waals surface area contributed by atoms with E-state index in [1.165, 1.54) is 6.20 Å². The number of amides is 1. The Labute approximate surface area is 113 Å². The summed E-state index contributed by atoms with van der Waals surface area (Å²) >= 11 is 0. The highest BCUT2D eigenvalue weighted by atomic mass is 16.5. The van der Waals surface area contributed by atoms with Gasteiger partial charge in [-0.25, -0.2) is 9.97 Å². The Hall–Kier alpha value is -1.69. The first-order chi connectivity index (χ1) is 9.19. The SMILES string of the molecule is CCNc1cnc(C(=O)NCC2(OC)CCC2)cn1. The molecule has 6 heteroatoms. The minimum absolute atomic E-state index is 0.174. The molecule has 0 aromatic carbocycles. The van der Waals surface area contributed by atoms with Crippen LogP contribution in [0.15, 0.2) is 12.4 Å². The first-order valence-corrected chi connectivity index (χ1v) is 6.58. The minimum Gasteiger partial charge on any atom is -0.376 e. The number of ether oxygens (including phenoxy) is 1. The normalized spacial score (nSPS) is 16.5. The van der Waals surface area contributed by atoms with Gasteiger partial charge in [0.1, 0.15) is 11.5 Å². The molecule has 0 radical (unpaired) electrons. The van der Waals surface area contributed by atoms with E-state index in [1.54, 1.807) is 13.3 Å². The summed E-state index contributed by atoms with van der Waals surface area (Å²) in [6.07, 6.45) is 6.19. The second kappa shape index (κ2) is 5.97. The molecule has 0 atom stereocenters. The van der Waals surface area contributed by atoms with Crippen molar-refractivity contribution in [1.82, 2.24) is 15.3 Å². The van der Waals surface area contributed by atoms with Crippen molar-refractivity contribution in [3.8, 4) is 0 Å². The Morgan fingerprint density at radius 1 is 1.42 bits per heavy atom. The van der Waals surface area contributed by atoms with Crippen LogP contribution in [-0.2, 0) is 4.74 Å². The van der Waals surface area contributed by atoms with Crippen LogP contribution in [0.2, 0.25) is 0 Å². The Morgan fingerprint density at radius 2 is 2.21 bits per heavy atom. The van der Waals surface area contributed by atoms with Gasteiger partial charge in [0.15, 0.2) is 0 Å². The van der Waals surface area contributed by atoms with Crippen LogP contribution in [0.5, 0.6) is 0 Å². The van der Waals surface area contributed by atoms with Crippen LogP contribution < -0.4 is 10.6 Å². The van der Waals surface area contributed by atoms with Gasteiger partial charge in [-0.1, -0.05) is 0 Å². The minimum atomic E-state index is -0.209. The van der Waals surface area contributed by atoms with Gasteiger partial charge in [0, 0.05) is 20.2 Å². The van der Waals surface area contributed by atoms with Crippen molar-refractivity contribution in [2.45, 2.75) is 31.8 Å². The fourth-order valence-electron chi connectivity index (χ4n) is 2.07. The van der Waals surface area contributed by atoms with Crippen molar-refractivity contribution in [2.24, 2.45) is 0 Å². The maximum absolute atomic E-state index is 11.9. The monoisotopic (exact) mass is 264 g/mol. The Kier molecular flexibility index (Phi) is 4.31. The average molecular weight is 264 g/mol. The highest BCUT2D eigenvalue weighted by Gasteiger charge is 2.37. The van der Waals surface area contributed by atoms with Crippen LogP contribution in [0.25, 0.3) is 0 Å². The molecule has 2 N–H and O–H groups in total. The summed E-state index contributed by atoms with van der Waals surface area (Å²) in [5.41, 5.74) is 0.152. The Bertz CT molecular complexity index is 423. The zero-order chi connectivity index (χ0) is 13.7. The van der Waals surface area contributed by atoms with Crippen molar-refractivity contribution < 1.29 is 9.53 Å². The number of carbonyl (C=O) groups is 1. The third-order valence-electron chi connectivity index (χ3n) is 3.51. The topological polar surface area (TPSA) is 76.1 Å². The van der Waals surface area contributed by atoms with E-state index < -0.39 is 0 Å². The molecule has 1 aliphatic rings. The molecule has 0 spiro atoms. The molecule has 1 fully saturated rings. The van der Waals surface area contributed by atoms with Crippen LogP contribution in [0.3, 0.4) is 0 Å². The molecule has 1 aromatic heterocycles. The van der Waals surface area contributed by atoms with Gasteiger partial charge in [-0.15, -0.1) is 0 Å². The van der Waals surface area contributed by atoms with Crippen molar-refractivity contribution in [1.29, 1.82) is 0 Å². The second-order valence-electron chi connectivity index (χ2n) is 4.74. The third kappa shape index (κ3) is 3.20. The molecule has 0 unspecified atom stereocenters. The molecule has 1 heterocycles. The maximum atomic E-state index is 11.9. The van der Waals surface area contributed by atoms with E-state index in [0.29, 0.717) is 18.1 Å². The molecule has 104 valence electrons. The molecule has 1 aliphatic carbocycles. The zero-order valence-electron chi connectivity index (χ0n) is 11.4. The zero-order valence-corrected chi connectivity index (χ0v) is 11.4. The average Bonchev–Trinajstić information content (AvgIpc) is 2.39. The molecule has 1 aromatic rings. The molecular weight excluding hydrogens is 244 g/mol. The molecule has 0 bridgehead atoms. The quantitative estimate of drug-likeness (QED) is 0.807. The fourth-order valence-corrected chi connectivity index (χ4v) is 2.07. The number of carbonyl (C=O) groups excluding carboxylic acids is 1. The standard InChI is InChI=1S/C13H20N4O2/c1-3-14-11-8-15-10(7-16-11)12(18)17-9-13(19-2)5-4-6-13/h7-8H,3-6,9H2,1-2H3,(H,14,16)(H,17,18). The van der Waals surface area contributed by atoms with Crippen molar-refractivity contribution in [2.75, 3.05) is 25.5 Å². The lowest BCUT2D eigenvalue weighted by Crippen LogP contribution is -2.49. The van der Waals surface area contributed by atoms with Gasteiger partial charge in [-0.2, -0.15) is 0 Å². The molecule has 1 saturated carbocycles. The van der Waals surface area contributed by atoms with Gasteiger partial charge in [0.25, 0.3) is 5.91 Å². The molecule has 6 nitrogen and oxygen atoms in total. The fraction of sp³-hybridized carbons (Fsp3) is 0.615. The van der Waals surface area contributed by atoms with Crippen LogP contribution in [-0.4, -0.2) is 41.7 Å². The van der Waals surface area contributed by atoms with E-state index in [4.69, 9.17) is 4.74 Å². The van der Waals surface area contributed by atoms with Gasteiger partial charge in [0.2, 0.25) is 0 Å². The summed E-state index contributed by atoms with van der Waals surface area (Å²) in [6.45, 7) is 3.28. The summed E-state index contributed by atoms with van der Waals surface area (Å²) in [5.74, 6) is 0.463. The lowest BCUT2D eigenvalue weighted by atomic mass is 9.80.